The van der Waals surface area contributed by atoms with Crippen molar-refractivity contribution in [3.8, 4) is 11.5 Å². The molecule has 0 fully saturated rings. The Hall–Kier alpha value is -2.24. The van der Waals surface area contributed by atoms with Gasteiger partial charge in [0.05, 0.1) is 18.7 Å². The van der Waals surface area contributed by atoms with Crippen LogP contribution in [0, 0.1) is 6.92 Å². The fourth-order valence-electron chi connectivity index (χ4n) is 2.72. The van der Waals surface area contributed by atoms with Gasteiger partial charge in [-0.15, -0.1) is 0 Å². The monoisotopic (exact) mass is 347 g/mol. The van der Waals surface area contributed by atoms with E-state index in [2.05, 4.69) is 5.32 Å². The maximum absolute atomic E-state index is 12.5. The molecule has 1 aliphatic rings. The topological polar surface area (TPSA) is 67.8 Å². The molecule has 2 N–H and O–H groups in total. The van der Waals surface area contributed by atoms with Gasteiger partial charge >= 0.3 is 0 Å². The van der Waals surface area contributed by atoms with Gasteiger partial charge in [-0.1, -0.05) is 23.7 Å². The average molecular weight is 348 g/mol. The molecule has 1 aliphatic heterocycles. The van der Waals surface area contributed by atoms with Crippen molar-refractivity contribution in [1.29, 1.82) is 0 Å². The van der Waals surface area contributed by atoms with Crippen LogP contribution in [0.1, 0.15) is 27.6 Å². The number of nitrogens with one attached hydrogen (secondary N) is 1. The number of hydrogen-bond acceptors (Lipinski definition) is 4. The fraction of sp³-hybridized carbons (Fsp3) is 0.278. The third kappa shape index (κ3) is 3.18. The van der Waals surface area contributed by atoms with E-state index >= 15 is 0 Å². The van der Waals surface area contributed by atoms with Gasteiger partial charge in [0.2, 0.25) is 0 Å². The number of fused-ring (bicyclic) bond motifs is 1. The second-order valence-electron chi connectivity index (χ2n) is 5.72. The van der Waals surface area contributed by atoms with E-state index in [9.17, 15) is 9.90 Å². The van der Waals surface area contributed by atoms with Crippen LogP contribution in [0.15, 0.2) is 36.4 Å². The lowest BCUT2D eigenvalue weighted by Gasteiger charge is -2.31. The number of halogens is 1. The van der Waals surface area contributed by atoms with Crippen molar-refractivity contribution in [2.75, 3.05) is 13.7 Å². The van der Waals surface area contributed by atoms with Gasteiger partial charge in [-0.2, -0.15) is 0 Å². The molecule has 6 heteroatoms. The van der Waals surface area contributed by atoms with Gasteiger partial charge < -0.3 is 19.9 Å². The Morgan fingerprint density at radius 3 is 2.88 bits per heavy atom. The van der Waals surface area contributed by atoms with Gasteiger partial charge in [-0.25, -0.2) is 0 Å². The number of aliphatic hydroxyl groups excluding tert-OH is 1. The van der Waals surface area contributed by atoms with Crippen LogP contribution in [0.25, 0.3) is 0 Å². The molecule has 1 amide bonds. The number of carbonyl (C=O) groups is 1. The number of aliphatic hydroxyl groups is 1. The summed E-state index contributed by atoms with van der Waals surface area (Å²) >= 11 is 5.96. The molecular weight excluding hydrogens is 330 g/mol. The van der Waals surface area contributed by atoms with Gasteiger partial charge in [0, 0.05) is 10.6 Å². The Bertz CT molecular complexity index is 778. The van der Waals surface area contributed by atoms with Crippen LogP contribution in [0.5, 0.6) is 11.5 Å². The summed E-state index contributed by atoms with van der Waals surface area (Å²) in [6, 6.07) is 9.83. The van der Waals surface area contributed by atoms with Crippen LogP contribution in [0.2, 0.25) is 5.02 Å². The second-order valence-corrected chi connectivity index (χ2v) is 6.16. The number of hydrogen-bond donors (Lipinski definition) is 2. The van der Waals surface area contributed by atoms with Crippen molar-refractivity contribution < 1.29 is 19.4 Å². The molecule has 0 saturated carbocycles. The zero-order chi connectivity index (χ0) is 17.3. The minimum Gasteiger partial charge on any atom is -0.496 e. The molecular formula is C18H18ClNO4. The molecule has 1 heterocycles. The van der Waals surface area contributed by atoms with Gasteiger partial charge in [0.1, 0.15) is 24.2 Å². The predicted octanol–water partition coefficient (Wildman–Crippen LogP) is 2.88. The summed E-state index contributed by atoms with van der Waals surface area (Å²) in [5.74, 6) is 0.685. The minimum atomic E-state index is -0.844. The summed E-state index contributed by atoms with van der Waals surface area (Å²) in [7, 11) is 1.48. The summed E-state index contributed by atoms with van der Waals surface area (Å²) in [6.07, 6.45) is -0.844. The van der Waals surface area contributed by atoms with E-state index in [0.717, 1.165) is 5.56 Å². The standard InChI is InChI=1S/C18H18ClNO4/c1-10-3-5-12-16(7-10)24-9-14(17(12)21)20-18(22)13-8-11(19)4-6-15(13)23-2/h3-8,14,17,21H,9H2,1-2H3,(H,20,22). The van der Waals surface area contributed by atoms with Crippen LogP contribution in [0.3, 0.4) is 0 Å². The molecule has 5 nitrogen and oxygen atoms in total. The van der Waals surface area contributed by atoms with E-state index in [0.29, 0.717) is 27.6 Å². The second kappa shape index (κ2) is 6.71. The van der Waals surface area contributed by atoms with Gasteiger partial charge in [-0.05, 0) is 36.8 Å². The van der Waals surface area contributed by atoms with Gasteiger partial charge in [0.15, 0.2) is 0 Å². The fourth-order valence-corrected chi connectivity index (χ4v) is 2.89. The van der Waals surface area contributed by atoms with E-state index < -0.39 is 12.1 Å². The van der Waals surface area contributed by atoms with Crippen molar-refractivity contribution in [1.82, 2.24) is 5.32 Å². The largest absolute Gasteiger partial charge is 0.496 e. The molecule has 0 saturated heterocycles. The molecule has 0 aliphatic carbocycles. The molecule has 3 rings (SSSR count). The quantitative estimate of drug-likeness (QED) is 0.896. The van der Waals surface area contributed by atoms with Crippen LogP contribution >= 0.6 is 11.6 Å². The number of aryl methyl sites for hydroxylation is 1. The van der Waals surface area contributed by atoms with Crippen LogP contribution in [-0.4, -0.2) is 30.8 Å². The minimum absolute atomic E-state index is 0.187. The molecule has 0 bridgehead atoms. The lowest BCUT2D eigenvalue weighted by molar-refractivity contribution is 0.0615. The first kappa shape index (κ1) is 16.6. The van der Waals surface area contributed by atoms with E-state index in [-0.39, 0.29) is 12.5 Å². The first-order valence-electron chi connectivity index (χ1n) is 7.55. The number of methoxy groups -OCH3 is 1. The van der Waals surface area contributed by atoms with Crippen molar-refractivity contribution in [3.63, 3.8) is 0 Å². The van der Waals surface area contributed by atoms with Crippen molar-refractivity contribution >= 4 is 17.5 Å². The highest BCUT2D eigenvalue weighted by atomic mass is 35.5. The maximum atomic E-state index is 12.5. The van der Waals surface area contributed by atoms with Crippen LogP contribution in [0.4, 0.5) is 0 Å². The Kier molecular flexibility index (Phi) is 4.64. The van der Waals surface area contributed by atoms with Crippen molar-refractivity contribution in [3.05, 3.63) is 58.1 Å². The van der Waals surface area contributed by atoms with Crippen LogP contribution in [-0.2, 0) is 0 Å². The van der Waals surface area contributed by atoms with Gasteiger partial charge in [0.25, 0.3) is 5.91 Å². The van der Waals surface area contributed by atoms with E-state index in [1.165, 1.54) is 13.2 Å². The highest BCUT2D eigenvalue weighted by Gasteiger charge is 2.31. The third-order valence-corrected chi connectivity index (χ3v) is 4.24. The molecule has 0 spiro atoms. The van der Waals surface area contributed by atoms with E-state index in [1.54, 1.807) is 12.1 Å². The predicted molar refractivity (Wildman–Crippen MR) is 90.9 cm³/mol. The van der Waals surface area contributed by atoms with Crippen LogP contribution < -0.4 is 14.8 Å². The lowest BCUT2D eigenvalue weighted by Crippen LogP contribution is -2.45. The number of amides is 1. The molecule has 0 radical (unpaired) electrons. The summed E-state index contributed by atoms with van der Waals surface area (Å²) in [5, 5.41) is 13.8. The summed E-state index contributed by atoms with van der Waals surface area (Å²) in [5.41, 5.74) is 2.02. The van der Waals surface area contributed by atoms with Gasteiger partial charge in [-0.3, -0.25) is 4.79 Å². The van der Waals surface area contributed by atoms with E-state index in [4.69, 9.17) is 21.1 Å². The molecule has 24 heavy (non-hydrogen) atoms. The lowest BCUT2D eigenvalue weighted by atomic mass is 9.97. The molecule has 0 aromatic heterocycles. The maximum Gasteiger partial charge on any atom is 0.255 e. The number of carbonyl (C=O) groups excluding carboxylic acids is 1. The zero-order valence-electron chi connectivity index (χ0n) is 13.4. The number of ether oxygens (including phenoxy) is 2. The first-order valence-corrected chi connectivity index (χ1v) is 7.93. The molecule has 2 atom stereocenters. The molecule has 2 unspecified atom stereocenters. The smallest absolute Gasteiger partial charge is 0.255 e. The summed E-state index contributed by atoms with van der Waals surface area (Å²) < 4.78 is 10.9. The Morgan fingerprint density at radius 1 is 1.33 bits per heavy atom. The highest BCUT2D eigenvalue weighted by Crippen LogP contribution is 2.33. The molecule has 2 aromatic rings. The van der Waals surface area contributed by atoms with E-state index in [1.807, 2.05) is 25.1 Å². The third-order valence-electron chi connectivity index (χ3n) is 4.01. The zero-order valence-corrected chi connectivity index (χ0v) is 14.1. The molecule has 2 aromatic carbocycles. The highest BCUT2D eigenvalue weighted by molar-refractivity contribution is 6.31. The number of rotatable bonds is 3. The first-order chi connectivity index (χ1) is 11.5. The normalized spacial score (nSPS) is 19.2. The Morgan fingerprint density at radius 2 is 2.12 bits per heavy atom. The van der Waals surface area contributed by atoms with Crippen molar-refractivity contribution in [2.24, 2.45) is 0 Å². The Labute approximate surface area is 145 Å². The summed E-state index contributed by atoms with van der Waals surface area (Å²) in [6.45, 7) is 2.14. The molecule has 126 valence electrons. The Balaban J connectivity index is 1.81. The average Bonchev–Trinajstić information content (AvgIpc) is 2.57. The summed E-state index contributed by atoms with van der Waals surface area (Å²) in [4.78, 5) is 12.5. The SMILES string of the molecule is COc1ccc(Cl)cc1C(=O)NC1COc2cc(C)ccc2C1O. The number of benzene rings is 2. The van der Waals surface area contributed by atoms with Crippen molar-refractivity contribution in [2.45, 2.75) is 19.1 Å².